The van der Waals surface area contributed by atoms with Gasteiger partial charge >= 0.3 is 0 Å². The van der Waals surface area contributed by atoms with Gasteiger partial charge < -0.3 is 9.64 Å². The third-order valence-corrected chi connectivity index (χ3v) is 6.00. The Morgan fingerprint density at radius 2 is 1.70 bits per heavy atom. The molecule has 8 nitrogen and oxygen atoms in total. The Kier molecular flexibility index (Phi) is 6.18. The van der Waals surface area contributed by atoms with Crippen LogP contribution >= 0.6 is 0 Å². The second-order valence-corrected chi connectivity index (χ2v) is 8.75. The normalized spacial score (nSPS) is 21.1. The minimum absolute atomic E-state index is 0.0702. The van der Waals surface area contributed by atoms with Crippen LogP contribution in [0.4, 0.5) is 11.4 Å². The Hall–Kier alpha value is -3.68. The first-order valence-electron chi connectivity index (χ1n) is 11.2. The van der Waals surface area contributed by atoms with Crippen LogP contribution in [0.25, 0.3) is 5.57 Å². The molecule has 0 radical (unpaired) electrons. The van der Waals surface area contributed by atoms with Gasteiger partial charge in [-0.15, -0.1) is 0 Å². The van der Waals surface area contributed by atoms with E-state index in [0.717, 1.165) is 6.42 Å². The Morgan fingerprint density at radius 3 is 2.30 bits per heavy atom. The molecule has 2 atom stereocenters. The second-order valence-electron chi connectivity index (χ2n) is 8.75. The van der Waals surface area contributed by atoms with E-state index < -0.39 is 10.8 Å². The van der Waals surface area contributed by atoms with Crippen molar-refractivity contribution in [3.05, 3.63) is 69.9 Å². The van der Waals surface area contributed by atoms with Crippen LogP contribution in [0.15, 0.2) is 54.2 Å². The topological polar surface area (TPSA) is 93.0 Å². The summed E-state index contributed by atoms with van der Waals surface area (Å²) in [6, 6.07) is 12.7. The van der Waals surface area contributed by atoms with Gasteiger partial charge in [0.1, 0.15) is 11.4 Å². The Morgan fingerprint density at radius 1 is 1.03 bits per heavy atom. The number of amides is 2. The second kappa shape index (κ2) is 9.05. The van der Waals surface area contributed by atoms with Gasteiger partial charge in [-0.1, -0.05) is 19.9 Å². The van der Waals surface area contributed by atoms with E-state index in [9.17, 15) is 19.7 Å². The average molecular weight is 450 g/mol. The highest BCUT2D eigenvalue weighted by atomic mass is 16.6. The number of hydrogen-bond donors (Lipinski definition) is 0. The van der Waals surface area contributed by atoms with E-state index in [-0.39, 0.29) is 17.2 Å². The number of carbonyl (C=O) groups is 2. The van der Waals surface area contributed by atoms with Crippen molar-refractivity contribution >= 4 is 28.8 Å². The van der Waals surface area contributed by atoms with E-state index in [1.54, 1.807) is 24.3 Å². The molecule has 0 spiro atoms. The minimum Gasteiger partial charge on any atom is -0.494 e. The van der Waals surface area contributed by atoms with E-state index in [4.69, 9.17) is 4.74 Å². The summed E-state index contributed by atoms with van der Waals surface area (Å²) in [6.45, 7) is 7.94. The van der Waals surface area contributed by atoms with Crippen molar-refractivity contribution in [2.75, 3.05) is 24.6 Å². The summed E-state index contributed by atoms with van der Waals surface area (Å²) >= 11 is 0. The minimum atomic E-state index is -0.486. The van der Waals surface area contributed by atoms with Crippen LogP contribution in [0.3, 0.4) is 0 Å². The van der Waals surface area contributed by atoms with Crippen LogP contribution in [-0.2, 0) is 9.59 Å². The lowest BCUT2D eigenvalue weighted by molar-refractivity contribution is -0.384. The molecule has 2 aromatic rings. The maximum atomic E-state index is 13.7. The van der Waals surface area contributed by atoms with Gasteiger partial charge in [-0.05, 0) is 55.0 Å². The number of ether oxygens (including phenoxy) is 1. The molecule has 0 saturated carbocycles. The van der Waals surface area contributed by atoms with Gasteiger partial charge in [0.25, 0.3) is 17.5 Å². The zero-order valence-electron chi connectivity index (χ0n) is 19.0. The summed E-state index contributed by atoms with van der Waals surface area (Å²) < 4.78 is 5.56. The molecular weight excluding hydrogens is 422 g/mol. The first kappa shape index (κ1) is 22.5. The number of likely N-dealkylation sites (tertiary alicyclic amines) is 1. The first-order valence-corrected chi connectivity index (χ1v) is 11.2. The van der Waals surface area contributed by atoms with Crippen LogP contribution in [-0.4, -0.2) is 41.3 Å². The maximum Gasteiger partial charge on any atom is 0.282 e. The van der Waals surface area contributed by atoms with E-state index in [2.05, 4.69) is 13.8 Å². The van der Waals surface area contributed by atoms with Crippen molar-refractivity contribution < 1.29 is 19.2 Å². The van der Waals surface area contributed by atoms with Crippen molar-refractivity contribution in [3.8, 4) is 5.75 Å². The van der Waals surface area contributed by atoms with Gasteiger partial charge in [0.05, 0.1) is 22.8 Å². The predicted octanol–water partition coefficient (Wildman–Crippen LogP) is 4.26. The lowest BCUT2D eigenvalue weighted by Crippen LogP contribution is -2.42. The van der Waals surface area contributed by atoms with Gasteiger partial charge in [0.15, 0.2) is 0 Å². The molecule has 1 saturated heterocycles. The standard InChI is InChI=1S/C25H27N3O5/c1-4-33-21-7-5-6-20(13-21)27-24(29)22(18-8-10-19(11-9-18)28(31)32)23(25(27)30)26-14-16(2)12-17(3)15-26/h5-11,13,16-17H,4,12,14-15H2,1-3H3. The predicted molar refractivity (Wildman–Crippen MR) is 125 cm³/mol. The zero-order valence-corrected chi connectivity index (χ0v) is 19.0. The highest BCUT2D eigenvalue weighted by Gasteiger charge is 2.43. The Balaban J connectivity index is 1.81. The Bertz CT molecular complexity index is 1120. The zero-order chi connectivity index (χ0) is 23.7. The maximum absolute atomic E-state index is 13.7. The van der Waals surface area contributed by atoms with Crippen molar-refractivity contribution in [3.63, 3.8) is 0 Å². The molecule has 2 amide bonds. The van der Waals surface area contributed by atoms with Crippen LogP contribution in [0, 0.1) is 22.0 Å². The number of hydrogen-bond acceptors (Lipinski definition) is 6. The third-order valence-electron chi connectivity index (χ3n) is 6.00. The number of piperidine rings is 1. The lowest BCUT2D eigenvalue weighted by atomic mass is 9.91. The molecule has 0 aromatic heterocycles. The largest absolute Gasteiger partial charge is 0.494 e. The molecule has 0 aliphatic carbocycles. The number of benzene rings is 2. The summed E-state index contributed by atoms with van der Waals surface area (Å²) in [4.78, 5) is 41.2. The summed E-state index contributed by atoms with van der Waals surface area (Å²) in [5.41, 5.74) is 1.48. The molecule has 0 N–H and O–H groups in total. The highest BCUT2D eigenvalue weighted by Crippen LogP contribution is 2.38. The fraction of sp³-hybridized carbons (Fsp3) is 0.360. The molecule has 33 heavy (non-hydrogen) atoms. The fourth-order valence-electron chi connectivity index (χ4n) is 4.78. The quantitative estimate of drug-likeness (QED) is 0.372. The van der Waals surface area contributed by atoms with Gasteiger partial charge in [-0.3, -0.25) is 19.7 Å². The average Bonchev–Trinajstić information content (AvgIpc) is 3.03. The van der Waals surface area contributed by atoms with Crippen LogP contribution in [0.2, 0.25) is 0 Å². The fourth-order valence-corrected chi connectivity index (χ4v) is 4.78. The number of nitro benzene ring substituents is 1. The number of nitro groups is 1. The highest BCUT2D eigenvalue weighted by molar-refractivity contribution is 6.45. The molecule has 2 aliphatic heterocycles. The molecule has 2 aromatic carbocycles. The van der Waals surface area contributed by atoms with Crippen molar-refractivity contribution in [2.24, 2.45) is 11.8 Å². The summed E-state index contributed by atoms with van der Waals surface area (Å²) in [6.07, 6.45) is 1.05. The molecule has 2 aliphatic rings. The number of imide groups is 1. The van der Waals surface area contributed by atoms with Crippen LogP contribution in [0.1, 0.15) is 32.8 Å². The van der Waals surface area contributed by atoms with E-state index in [1.807, 2.05) is 11.8 Å². The third kappa shape index (κ3) is 4.33. The van der Waals surface area contributed by atoms with Crippen LogP contribution in [0.5, 0.6) is 5.75 Å². The first-order chi connectivity index (χ1) is 15.8. The molecule has 0 bridgehead atoms. The molecule has 172 valence electrons. The number of non-ortho nitro benzene ring substituents is 1. The van der Waals surface area contributed by atoms with Gasteiger partial charge in [0.2, 0.25) is 0 Å². The monoisotopic (exact) mass is 449 g/mol. The summed E-state index contributed by atoms with van der Waals surface area (Å²) in [7, 11) is 0. The molecular formula is C25H27N3O5. The molecule has 2 unspecified atom stereocenters. The van der Waals surface area contributed by atoms with E-state index in [0.29, 0.717) is 54.2 Å². The lowest BCUT2D eigenvalue weighted by Gasteiger charge is -2.37. The van der Waals surface area contributed by atoms with E-state index in [1.165, 1.54) is 29.2 Å². The summed E-state index contributed by atoms with van der Waals surface area (Å²) in [5.74, 6) is 0.489. The van der Waals surface area contributed by atoms with Crippen molar-refractivity contribution in [2.45, 2.75) is 27.2 Å². The van der Waals surface area contributed by atoms with Crippen LogP contribution < -0.4 is 9.64 Å². The molecule has 1 fully saturated rings. The molecule has 4 rings (SSSR count). The van der Waals surface area contributed by atoms with Gasteiger partial charge in [-0.2, -0.15) is 0 Å². The number of nitrogens with zero attached hydrogens (tertiary/aromatic N) is 3. The smallest absolute Gasteiger partial charge is 0.282 e. The summed E-state index contributed by atoms with van der Waals surface area (Å²) in [5, 5.41) is 11.1. The molecule has 2 heterocycles. The SMILES string of the molecule is CCOc1cccc(N2C(=O)C(c3ccc([N+](=O)[O-])cc3)=C(N3CC(C)CC(C)C3)C2=O)c1. The Labute approximate surface area is 192 Å². The van der Waals surface area contributed by atoms with Gasteiger partial charge in [-0.25, -0.2) is 4.90 Å². The number of rotatable bonds is 6. The number of anilines is 1. The van der Waals surface area contributed by atoms with E-state index >= 15 is 0 Å². The van der Waals surface area contributed by atoms with Crippen molar-refractivity contribution in [1.29, 1.82) is 0 Å². The molecule has 8 heteroatoms. The van der Waals surface area contributed by atoms with Crippen molar-refractivity contribution in [1.82, 2.24) is 4.90 Å². The van der Waals surface area contributed by atoms with Gasteiger partial charge in [0, 0.05) is 31.3 Å². The number of carbonyl (C=O) groups excluding carboxylic acids is 2.